The number of benzene rings is 2. The molecule has 1 aliphatic heterocycles. The number of hydrogen-bond donors (Lipinski definition) is 1. The van der Waals surface area contributed by atoms with Gasteiger partial charge >= 0.3 is 0 Å². The summed E-state index contributed by atoms with van der Waals surface area (Å²) in [6.07, 6.45) is 1.81. The molecule has 0 radical (unpaired) electrons. The monoisotopic (exact) mass is 394 g/mol. The molecule has 0 spiro atoms. The van der Waals surface area contributed by atoms with Crippen molar-refractivity contribution >= 4 is 5.91 Å². The summed E-state index contributed by atoms with van der Waals surface area (Å²) in [4.78, 5) is 19.2. The first-order valence-electron chi connectivity index (χ1n) is 9.80. The third kappa shape index (κ3) is 5.06. The molecular formula is C22H23FN4O2. The van der Waals surface area contributed by atoms with E-state index in [1.807, 2.05) is 30.3 Å². The number of hydrogen-bond acceptors (Lipinski definition) is 5. The van der Waals surface area contributed by atoms with Crippen LogP contribution >= 0.6 is 0 Å². The lowest BCUT2D eigenvalue weighted by Gasteiger charge is -2.31. The minimum Gasteiger partial charge on any atom is -0.347 e. The van der Waals surface area contributed by atoms with E-state index in [1.165, 1.54) is 12.1 Å². The van der Waals surface area contributed by atoms with Crippen molar-refractivity contribution in [3.05, 3.63) is 71.9 Å². The number of nitrogens with zero attached hydrogens (tertiary/aromatic N) is 3. The molecule has 1 aromatic heterocycles. The number of amides is 1. The SMILES string of the molecule is O=C(NCc1nc(-c2ccccc2)no1)C1CCCN(Cc2ccc(F)cc2)C1. The van der Waals surface area contributed by atoms with Crippen LogP contribution < -0.4 is 5.32 Å². The van der Waals surface area contributed by atoms with Crippen molar-refractivity contribution in [1.29, 1.82) is 0 Å². The number of piperidine rings is 1. The van der Waals surface area contributed by atoms with E-state index in [0.717, 1.165) is 30.5 Å². The highest BCUT2D eigenvalue weighted by Crippen LogP contribution is 2.19. The maximum absolute atomic E-state index is 13.1. The van der Waals surface area contributed by atoms with E-state index in [1.54, 1.807) is 12.1 Å². The minimum absolute atomic E-state index is 0.00623. The number of nitrogens with one attached hydrogen (secondary N) is 1. The zero-order valence-corrected chi connectivity index (χ0v) is 16.1. The Hall–Kier alpha value is -3.06. The fraction of sp³-hybridized carbons (Fsp3) is 0.318. The van der Waals surface area contributed by atoms with E-state index < -0.39 is 0 Å². The van der Waals surface area contributed by atoms with Crippen molar-refractivity contribution in [2.75, 3.05) is 13.1 Å². The number of aromatic nitrogens is 2. The van der Waals surface area contributed by atoms with Crippen LogP contribution in [0.15, 0.2) is 59.1 Å². The first-order chi connectivity index (χ1) is 14.2. The summed E-state index contributed by atoms with van der Waals surface area (Å²) >= 11 is 0. The molecule has 6 nitrogen and oxygen atoms in total. The van der Waals surface area contributed by atoms with Gasteiger partial charge in [0.25, 0.3) is 0 Å². The molecule has 150 valence electrons. The van der Waals surface area contributed by atoms with E-state index in [9.17, 15) is 9.18 Å². The zero-order valence-electron chi connectivity index (χ0n) is 16.1. The smallest absolute Gasteiger partial charge is 0.246 e. The standard InChI is InChI=1S/C22H23FN4O2/c23-19-10-8-16(9-11-19)14-27-12-4-7-18(15-27)22(28)24-13-20-25-21(26-29-20)17-5-2-1-3-6-17/h1-3,5-6,8-11,18H,4,7,12-15H2,(H,24,28). The van der Waals surface area contributed by atoms with E-state index in [4.69, 9.17) is 4.52 Å². The molecule has 0 saturated carbocycles. The Morgan fingerprint density at radius 3 is 2.76 bits per heavy atom. The van der Waals surface area contributed by atoms with Gasteiger partial charge < -0.3 is 9.84 Å². The van der Waals surface area contributed by atoms with Crippen molar-refractivity contribution in [1.82, 2.24) is 20.4 Å². The highest BCUT2D eigenvalue weighted by molar-refractivity contribution is 5.78. The Bertz CT molecular complexity index is 943. The van der Waals surface area contributed by atoms with Gasteiger partial charge in [0.15, 0.2) is 0 Å². The summed E-state index contributed by atoms with van der Waals surface area (Å²) in [5.41, 5.74) is 1.92. The van der Waals surface area contributed by atoms with Crippen molar-refractivity contribution in [2.45, 2.75) is 25.9 Å². The molecule has 1 unspecified atom stereocenters. The van der Waals surface area contributed by atoms with Gasteiger partial charge in [-0.05, 0) is 37.1 Å². The van der Waals surface area contributed by atoms with Gasteiger partial charge in [0.05, 0.1) is 12.5 Å². The summed E-state index contributed by atoms with van der Waals surface area (Å²) in [5.74, 6) is 0.573. The predicted molar refractivity (Wildman–Crippen MR) is 106 cm³/mol. The predicted octanol–water partition coefficient (Wildman–Crippen LogP) is 3.40. The molecule has 2 heterocycles. The number of carbonyl (C=O) groups excluding carboxylic acids is 1. The molecule has 1 amide bonds. The fourth-order valence-electron chi connectivity index (χ4n) is 3.60. The second-order valence-corrected chi connectivity index (χ2v) is 7.30. The Kier molecular flexibility index (Phi) is 5.95. The van der Waals surface area contributed by atoms with Crippen LogP contribution in [0.25, 0.3) is 11.4 Å². The van der Waals surface area contributed by atoms with Crippen molar-refractivity contribution < 1.29 is 13.7 Å². The number of likely N-dealkylation sites (tertiary alicyclic amines) is 1. The Labute approximate surface area is 168 Å². The van der Waals surface area contributed by atoms with Crippen LogP contribution in [0.2, 0.25) is 0 Å². The van der Waals surface area contributed by atoms with Gasteiger partial charge in [0.1, 0.15) is 5.82 Å². The first-order valence-corrected chi connectivity index (χ1v) is 9.80. The van der Waals surface area contributed by atoms with Crippen LogP contribution in [0.4, 0.5) is 4.39 Å². The molecule has 1 N–H and O–H groups in total. The van der Waals surface area contributed by atoms with Gasteiger partial charge in [0.2, 0.25) is 17.6 Å². The molecule has 1 fully saturated rings. The first kappa shape index (κ1) is 19.3. The molecule has 1 aliphatic rings. The highest BCUT2D eigenvalue weighted by Gasteiger charge is 2.26. The molecule has 3 aromatic rings. The molecule has 29 heavy (non-hydrogen) atoms. The van der Waals surface area contributed by atoms with E-state index in [2.05, 4.69) is 20.4 Å². The number of halogens is 1. The van der Waals surface area contributed by atoms with Crippen LogP contribution in [-0.2, 0) is 17.9 Å². The second-order valence-electron chi connectivity index (χ2n) is 7.30. The van der Waals surface area contributed by atoms with Crippen molar-refractivity contribution in [2.24, 2.45) is 5.92 Å². The van der Waals surface area contributed by atoms with Crippen molar-refractivity contribution in [3.8, 4) is 11.4 Å². The summed E-state index contributed by atoms with van der Waals surface area (Å²) in [7, 11) is 0. The summed E-state index contributed by atoms with van der Waals surface area (Å²) in [5, 5.41) is 6.88. The Balaban J connectivity index is 1.29. The molecule has 2 aromatic carbocycles. The average Bonchev–Trinajstić information content (AvgIpc) is 3.24. The number of carbonyl (C=O) groups is 1. The lowest BCUT2D eigenvalue weighted by molar-refractivity contribution is -0.127. The topological polar surface area (TPSA) is 71.3 Å². The van der Waals surface area contributed by atoms with Gasteiger partial charge in [-0.1, -0.05) is 47.6 Å². The van der Waals surface area contributed by atoms with Gasteiger partial charge in [0, 0.05) is 18.7 Å². The van der Waals surface area contributed by atoms with Crippen LogP contribution in [0.1, 0.15) is 24.3 Å². The van der Waals surface area contributed by atoms with Crippen LogP contribution in [0, 0.1) is 11.7 Å². The van der Waals surface area contributed by atoms with Gasteiger partial charge in [-0.3, -0.25) is 9.69 Å². The normalized spacial score (nSPS) is 17.2. The summed E-state index contributed by atoms with van der Waals surface area (Å²) in [6.45, 7) is 2.55. The maximum Gasteiger partial charge on any atom is 0.246 e. The lowest BCUT2D eigenvalue weighted by atomic mass is 9.96. The van der Waals surface area contributed by atoms with Crippen LogP contribution in [0.5, 0.6) is 0 Å². The van der Waals surface area contributed by atoms with Gasteiger partial charge in [-0.15, -0.1) is 0 Å². The quantitative estimate of drug-likeness (QED) is 0.694. The average molecular weight is 394 g/mol. The van der Waals surface area contributed by atoms with Crippen LogP contribution in [0.3, 0.4) is 0 Å². The molecular weight excluding hydrogens is 371 g/mol. The summed E-state index contributed by atoms with van der Waals surface area (Å²) in [6, 6.07) is 16.1. The molecule has 4 rings (SSSR count). The zero-order chi connectivity index (χ0) is 20.1. The summed E-state index contributed by atoms with van der Waals surface area (Å²) < 4.78 is 18.3. The van der Waals surface area contributed by atoms with Crippen molar-refractivity contribution in [3.63, 3.8) is 0 Å². The van der Waals surface area contributed by atoms with E-state index in [-0.39, 0.29) is 24.2 Å². The van der Waals surface area contributed by atoms with Gasteiger partial charge in [-0.2, -0.15) is 4.98 Å². The lowest BCUT2D eigenvalue weighted by Crippen LogP contribution is -2.42. The Morgan fingerprint density at radius 1 is 1.17 bits per heavy atom. The molecule has 0 bridgehead atoms. The van der Waals surface area contributed by atoms with Crippen LogP contribution in [-0.4, -0.2) is 34.0 Å². The molecule has 0 aliphatic carbocycles. The Morgan fingerprint density at radius 2 is 1.97 bits per heavy atom. The third-order valence-corrected chi connectivity index (χ3v) is 5.11. The molecule has 1 saturated heterocycles. The molecule has 1 atom stereocenters. The molecule has 7 heteroatoms. The second kappa shape index (κ2) is 8.96. The van der Waals surface area contributed by atoms with E-state index in [0.29, 0.717) is 24.8 Å². The maximum atomic E-state index is 13.1. The number of rotatable bonds is 6. The third-order valence-electron chi connectivity index (χ3n) is 5.11. The van der Waals surface area contributed by atoms with Gasteiger partial charge in [-0.25, -0.2) is 4.39 Å². The van der Waals surface area contributed by atoms with E-state index >= 15 is 0 Å². The largest absolute Gasteiger partial charge is 0.347 e. The fourth-order valence-corrected chi connectivity index (χ4v) is 3.60. The highest BCUT2D eigenvalue weighted by atomic mass is 19.1. The minimum atomic E-state index is -0.235.